The standard InChI is InChI=1S/C32H56N2O2/c1-27(2)17-15-19-29(5)23-25-33-31(35)21-13-11-9-7-8-10-12-14-22-32(36)34-26-24-30(6)20-16-18-28(3)4/h27-30H,11-26H2,1-6H3,(H,33,35)(H,34,36)/t29-,30-/m0/s1. The molecule has 0 rings (SSSR count). The van der Waals surface area contributed by atoms with Crippen molar-refractivity contribution in [3.8, 4) is 23.7 Å². The minimum atomic E-state index is 0.121. The van der Waals surface area contributed by atoms with Gasteiger partial charge in [-0.15, -0.1) is 0 Å². The number of carbonyl (C=O) groups is 2. The Balaban J connectivity index is 3.67. The Labute approximate surface area is 223 Å². The molecular formula is C32H56N2O2. The van der Waals surface area contributed by atoms with E-state index in [9.17, 15) is 9.59 Å². The predicted octanol–water partition coefficient (Wildman–Crippen LogP) is 7.27. The third-order valence-corrected chi connectivity index (χ3v) is 6.53. The molecule has 2 amide bonds. The zero-order valence-electron chi connectivity index (χ0n) is 24.4. The smallest absolute Gasteiger partial charge is 0.220 e. The van der Waals surface area contributed by atoms with Crippen molar-refractivity contribution < 1.29 is 9.59 Å². The first-order valence-electron chi connectivity index (χ1n) is 14.7. The first-order valence-corrected chi connectivity index (χ1v) is 14.7. The van der Waals surface area contributed by atoms with E-state index in [0.29, 0.717) is 37.5 Å². The fourth-order valence-corrected chi connectivity index (χ4v) is 4.02. The van der Waals surface area contributed by atoms with Crippen LogP contribution in [0.1, 0.15) is 131 Å². The van der Waals surface area contributed by atoms with Crippen LogP contribution in [-0.2, 0) is 9.59 Å². The Morgan fingerprint density at radius 3 is 1.31 bits per heavy atom. The molecule has 4 nitrogen and oxygen atoms in total. The van der Waals surface area contributed by atoms with Gasteiger partial charge in [-0.3, -0.25) is 9.59 Å². The van der Waals surface area contributed by atoms with Crippen molar-refractivity contribution in [2.24, 2.45) is 23.7 Å². The Morgan fingerprint density at radius 1 is 0.556 bits per heavy atom. The summed E-state index contributed by atoms with van der Waals surface area (Å²) in [6, 6.07) is 0. The van der Waals surface area contributed by atoms with Crippen LogP contribution in [0.15, 0.2) is 0 Å². The second-order valence-electron chi connectivity index (χ2n) is 11.4. The Bertz CT molecular complexity index is 630. The lowest BCUT2D eigenvalue weighted by atomic mass is 9.97. The molecule has 206 valence electrons. The molecule has 0 aromatic rings. The van der Waals surface area contributed by atoms with Crippen LogP contribution in [-0.4, -0.2) is 24.9 Å². The lowest BCUT2D eigenvalue weighted by molar-refractivity contribution is -0.122. The molecule has 0 bridgehead atoms. The fraction of sp³-hybridized carbons (Fsp3) is 0.812. The number of amides is 2. The molecular weight excluding hydrogens is 444 g/mol. The van der Waals surface area contributed by atoms with Crippen molar-refractivity contribution in [2.75, 3.05) is 13.1 Å². The Hall–Kier alpha value is -1.94. The van der Waals surface area contributed by atoms with Crippen LogP contribution in [0.5, 0.6) is 0 Å². The molecule has 0 aliphatic carbocycles. The molecule has 0 aliphatic rings. The van der Waals surface area contributed by atoms with Crippen LogP contribution >= 0.6 is 0 Å². The van der Waals surface area contributed by atoms with E-state index in [2.05, 4.69) is 75.9 Å². The SMILES string of the molecule is CC(C)CCC[C@H](C)CCNC(=O)CCCC#CC#CCCCC(=O)NCC[C@@H](C)CCCC(C)C. The van der Waals surface area contributed by atoms with Gasteiger partial charge >= 0.3 is 0 Å². The number of rotatable bonds is 20. The number of carbonyl (C=O) groups excluding carboxylic acids is 2. The third-order valence-electron chi connectivity index (χ3n) is 6.53. The van der Waals surface area contributed by atoms with Gasteiger partial charge in [-0.05, 0) is 61.2 Å². The van der Waals surface area contributed by atoms with E-state index in [1.54, 1.807) is 0 Å². The Kier molecular flexibility index (Phi) is 22.2. The second-order valence-corrected chi connectivity index (χ2v) is 11.4. The van der Waals surface area contributed by atoms with Crippen molar-refractivity contribution in [3.63, 3.8) is 0 Å². The average Bonchev–Trinajstić information content (AvgIpc) is 2.79. The van der Waals surface area contributed by atoms with Crippen molar-refractivity contribution in [1.29, 1.82) is 0 Å². The van der Waals surface area contributed by atoms with Crippen molar-refractivity contribution in [2.45, 2.75) is 131 Å². The topological polar surface area (TPSA) is 58.2 Å². The highest BCUT2D eigenvalue weighted by Gasteiger charge is 2.06. The molecule has 0 heterocycles. The molecule has 0 saturated carbocycles. The molecule has 2 N–H and O–H groups in total. The van der Waals surface area contributed by atoms with Gasteiger partial charge in [0.15, 0.2) is 0 Å². The highest BCUT2D eigenvalue weighted by Crippen LogP contribution is 2.15. The molecule has 4 heteroatoms. The zero-order chi connectivity index (χ0) is 27.0. The van der Waals surface area contributed by atoms with E-state index in [0.717, 1.165) is 50.6 Å². The minimum Gasteiger partial charge on any atom is -0.356 e. The third kappa shape index (κ3) is 25.2. The van der Waals surface area contributed by atoms with Crippen LogP contribution in [0.2, 0.25) is 0 Å². The van der Waals surface area contributed by atoms with Crippen molar-refractivity contribution in [3.05, 3.63) is 0 Å². The molecule has 0 aromatic carbocycles. The highest BCUT2D eigenvalue weighted by molar-refractivity contribution is 5.76. The van der Waals surface area contributed by atoms with Gasteiger partial charge in [0.1, 0.15) is 0 Å². The van der Waals surface area contributed by atoms with Gasteiger partial charge in [-0.1, -0.05) is 91.9 Å². The van der Waals surface area contributed by atoms with Crippen LogP contribution in [0.4, 0.5) is 0 Å². The first kappa shape index (κ1) is 34.1. The molecule has 0 radical (unpaired) electrons. The van der Waals surface area contributed by atoms with E-state index in [-0.39, 0.29) is 11.8 Å². The van der Waals surface area contributed by atoms with E-state index in [1.807, 2.05) is 0 Å². The number of hydrogen-bond donors (Lipinski definition) is 2. The van der Waals surface area contributed by atoms with Gasteiger partial charge in [-0.2, -0.15) is 0 Å². The largest absolute Gasteiger partial charge is 0.356 e. The number of hydrogen-bond acceptors (Lipinski definition) is 2. The molecule has 0 aromatic heterocycles. The van der Waals surface area contributed by atoms with Crippen LogP contribution < -0.4 is 10.6 Å². The summed E-state index contributed by atoms with van der Waals surface area (Å²) in [6.45, 7) is 15.2. The lowest BCUT2D eigenvalue weighted by Crippen LogP contribution is -2.25. The zero-order valence-corrected chi connectivity index (χ0v) is 24.4. The molecule has 0 unspecified atom stereocenters. The monoisotopic (exact) mass is 500 g/mol. The van der Waals surface area contributed by atoms with E-state index in [4.69, 9.17) is 0 Å². The molecule has 0 fully saturated rings. The maximum absolute atomic E-state index is 11.9. The lowest BCUT2D eigenvalue weighted by Gasteiger charge is -2.12. The maximum Gasteiger partial charge on any atom is 0.220 e. The first-order chi connectivity index (χ1) is 17.2. The summed E-state index contributed by atoms with van der Waals surface area (Å²) in [5.41, 5.74) is 0. The summed E-state index contributed by atoms with van der Waals surface area (Å²) < 4.78 is 0. The summed E-state index contributed by atoms with van der Waals surface area (Å²) in [5, 5.41) is 6.06. The van der Waals surface area contributed by atoms with Gasteiger partial charge in [-0.25, -0.2) is 0 Å². The fourth-order valence-electron chi connectivity index (χ4n) is 4.02. The van der Waals surface area contributed by atoms with Gasteiger partial charge < -0.3 is 10.6 Å². The highest BCUT2D eigenvalue weighted by atomic mass is 16.2. The predicted molar refractivity (Wildman–Crippen MR) is 154 cm³/mol. The second kappa shape index (κ2) is 23.5. The number of unbranched alkanes of at least 4 members (excludes halogenated alkanes) is 2. The average molecular weight is 501 g/mol. The normalized spacial score (nSPS) is 12.3. The number of nitrogens with one attached hydrogen (secondary N) is 2. The summed E-state index contributed by atoms with van der Waals surface area (Å²) >= 11 is 0. The Morgan fingerprint density at radius 2 is 0.944 bits per heavy atom. The van der Waals surface area contributed by atoms with Crippen LogP contribution in [0.3, 0.4) is 0 Å². The van der Waals surface area contributed by atoms with Crippen molar-refractivity contribution in [1.82, 2.24) is 10.6 Å². The quantitative estimate of drug-likeness (QED) is 0.136. The summed E-state index contributed by atoms with van der Waals surface area (Å²) in [4.78, 5) is 23.9. The molecule has 0 aliphatic heterocycles. The van der Waals surface area contributed by atoms with Gasteiger partial charge in [0, 0.05) is 38.8 Å². The maximum atomic E-state index is 11.9. The van der Waals surface area contributed by atoms with E-state index in [1.165, 1.54) is 38.5 Å². The molecule has 36 heavy (non-hydrogen) atoms. The van der Waals surface area contributed by atoms with Crippen molar-refractivity contribution >= 4 is 11.8 Å². The molecule has 2 atom stereocenters. The van der Waals surface area contributed by atoms with Gasteiger partial charge in [0.25, 0.3) is 0 Å². The van der Waals surface area contributed by atoms with Crippen LogP contribution in [0, 0.1) is 47.4 Å². The van der Waals surface area contributed by atoms with E-state index >= 15 is 0 Å². The van der Waals surface area contributed by atoms with Crippen LogP contribution in [0.25, 0.3) is 0 Å². The summed E-state index contributed by atoms with van der Waals surface area (Å²) in [6.07, 6.45) is 13.7. The molecule has 0 saturated heterocycles. The van der Waals surface area contributed by atoms with Gasteiger partial charge in [0.2, 0.25) is 11.8 Å². The minimum absolute atomic E-state index is 0.121. The van der Waals surface area contributed by atoms with E-state index < -0.39 is 0 Å². The summed E-state index contributed by atoms with van der Waals surface area (Å²) in [7, 11) is 0. The summed E-state index contributed by atoms with van der Waals surface area (Å²) in [5.74, 6) is 14.9. The van der Waals surface area contributed by atoms with Gasteiger partial charge in [0.05, 0.1) is 0 Å². The molecule has 0 spiro atoms.